The number of pyridine rings is 2. The van der Waals surface area contributed by atoms with Gasteiger partial charge in [-0.25, -0.2) is 4.98 Å². The van der Waals surface area contributed by atoms with Gasteiger partial charge in [-0.1, -0.05) is 75.4 Å². The van der Waals surface area contributed by atoms with Crippen LogP contribution in [0.25, 0.3) is 60.6 Å². The maximum absolute atomic E-state index is 4.89. The lowest BCUT2D eigenvalue weighted by Gasteiger charge is -2.24. The van der Waals surface area contributed by atoms with Crippen LogP contribution in [0.1, 0.15) is 31.9 Å². The van der Waals surface area contributed by atoms with Gasteiger partial charge in [-0.2, -0.15) is 4.57 Å². The molecule has 3 nitrogen and oxygen atoms in total. The van der Waals surface area contributed by atoms with Gasteiger partial charge in [-0.15, -0.1) is 0 Å². The third-order valence-corrected chi connectivity index (χ3v) is 8.25. The summed E-state index contributed by atoms with van der Waals surface area (Å²) >= 11 is 0. The van der Waals surface area contributed by atoms with E-state index in [9.17, 15) is 0 Å². The predicted octanol–water partition coefficient (Wildman–Crippen LogP) is 8.58. The summed E-state index contributed by atoms with van der Waals surface area (Å²) in [5.41, 5.74) is 9.63. The number of fused-ring (bicyclic) bond motifs is 5. The van der Waals surface area contributed by atoms with Gasteiger partial charge in [-0.05, 0) is 64.6 Å². The molecule has 0 fully saturated rings. The molecule has 0 unspecified atom stereocenters. The van der Waals surface area contributed by atoms with Crippen LogP contribution in [0.3, 0.4) is 0 Å². The monoisotopic (exact) mass is 506 g/mol. The number of rotatable bonds is 2. The molecule has 39 heavy (non-hydrogen) atoms. The molecule has 0 N–H and O–H groups in total. The lowest BCUT2D eigenvalue weighted by molar-refractivity contribution is -0.633. The zero-order valence-electron chi connectivity index (χ0n) is 23.2. The standard InChI is InChI=1S/C36H32N3/c1-23-24-13-6-7-14-25(24)30(36(2,3)4)21-29(23)33-22-34(28-16-9-10-18-31(28)38(33)5)39-32-19-11-8-15-26(32)27-17-12-20-37-35(27)39/h6-22H,1-5H3/q+1. The van der Waals surface area contributed by atoms with Crippen LogP contribution in [0.2, 0.25) is 0 Å². The van der Waals surface area contributed by atoms with Crippen molar-refractivity contribution < 1.29 is 4.57 Å². The molecule has 0 bridgehead atoms. The van der Waals surface area contributed by atoms with Crippen molar-refractivity contribution in [2.24, 2.45) is 7.05 Å². The van der Waals surface area contributed by atoms with Gasteiger partial charge in [0, 0.05) is 29.1 Å². The Labute approximate surface area is 229 Å². The molecule has 3 heteroatoms. The Balaban J connectivity index is 1.64. The van der Waals surface area contributed by atoms with E-state index in [0.29, 0.717) is 0 Å². The molecule has 0 aliphatic carbocycles. The molecule has 190 valence electrons. The van der Waals surface area contributed by atoms with E-state index in [1.165, 1.54) is 60.3 Å². The highest BCUT2D eigenvalue weighted by Crippen LogP contribution is 2.39. The number of aryl methyl sites for hydroxylation is 2. The molecule has 0 saturated heterocycles. The molecule has 0 radical (unpaired) electrons. The fraction of sp³-hybridized carbons (Fsp3) is 0.167. The molecule has 0 aliphatic heterocycles. The molecule has 0 spiro atoms. The van der Waals surface area contributed by atoms with Crippen molar-refractivity contribution in [2.45, 2.75) is 33.1 Å². The Bertz CT molecular complexity index is 2020. The van der Waals surface area contributed by atoms with Gasteiger partial charge < -0.3 is 0 Å². The largest absolute Gasteiger partial charge is 0.293 e. The molecule has 4 aromatic carbocycles. The fourth-order valence-corrected chi connectivity index (χ4v) is 6.31. The number of aromatic nitrogens is 3. The summed E-state index contributed by atoms with van der Waals surface area (Å²) in [4.78, 5) is 4.89. The van der Waals surface area contributed by atoms with E-state index < -0.39 is 0 Å². The molecule has 0 aliphatic rings. The maximum Gasteiger partial charge on any atom is 0.215 e. The first-order valence-corrected chi connectivity index (χ1v) is 13.6. The first-order valence-electron chi connectivity index (χ1n) is 13.6. The highest BCUT2D eigenvalue weighted by molar-refractivity contribution is 6.09. The molecule has 0 saturated carbocycles. The van der Waals surface area contributed by atoms with Crippen LogP contribution in [0.5, 0.6) is 0 Å². The Hall–Kier alpha value is -4.50. The van der Waals surface area contributed by atoms with Crippen LogP contribution < -0.4 is 4.57 Å². The molecule has 7 rings (SSSR count). The Morgan fingerprint density at radius 1 is 0.692 bits per heavy atom. The third-order valence-electron chi connectivity index (χ3n) is 8.25. The Morgan fingerprint density at radius 2 is 1.33 bits per heavy atom. The first kappa shape index (κ1) is 23.6. The minimum atomic E-state index is 0.0110. The molecule has 3 aromatic heterocycles. The quantitative estimate of drug-likeness (QED) is 0.215. The molecule has 0 amide bonds. The normalized spacial score (nSPS) is 12.2. The first-order chi connectivity index (χ1) is 18.8. The number of benzene rings is 4. The number of para-hydroxylation sites is 2. The van der Waals surface area contributed by atoms with Crippen molar-refractivity contribution in [1.29, 1.82) is 0 Å². The molecule has 0 atom stereocenters. The van der Waals surface area contributed by atoms with Crippen molar-refractivity contribution in [3.63, 3.8) is 0 Å². The molecule has 7 aromatic rings. The van der Waals surface area contributed by atoms with E-state index in [2.05, 4.69) is 135 Å². The topological polar surface area (TPSA) is 21.7 Å². The molecular formula is C36H32N3+. The van der Waals surface area contributed by atoms with Gasteiger partial charge >= 0.3 is 0 Å². The SMILES string of the molecule is Cc1c(-c2cc(-n3c4ccccc4c4cccnc43)c3ccccc3[n+]2C)cc(C(C)(C)C)c2ccccc12. The van der Waals surface area contributed by atoms with E-state index in [4.69, 9.17) is 4.98 Å². The van der Waals surface area contributed by atoms with Crippen molar-refractivity contribution >= 4 is 43.6 Å². The summed E-state index contributed by atoms with van der Waals surface area (Å²) in [6.07, 6.45) is 1.90. The average molecular weight is 507 g/mol. The summed E-state index contributed by atoms with van der Waals surface area (Å²) in [6.45, 7) is 9.19. The number of hydrogen-bond acceptors (Lipinski definition) is 1. The van der Waals surface area contributed by atoms with E-state index in [1.54, 1.807) is 0 Å². The lowest BCUT2D eigenvalue weighted by atomic mass is 9.80. The van der Waals surface area contributed by atoms with Crippen LogP contribution in [-0.2, 0) is 12.5 Å². The average Bonchev–Trinajstić information content (AvgIpc) is 3.28. The van der Waals surface area contributed by atoms with E-state index >= 15 is 0 Å². The van der Waals surface area contributed by atoms with Gasteiger partial charge in [0.05, 0.1) is 22.2 Å². The van der Waals surface area contributed by atoms with Crippen LogP contribution in [0.15, 0.2) is 103 Å². The number of hydrogen-bond donors (Lipinski definition) is 0. The fourth-order valence-electron chi connectivity index (χ4n) is 6.31. The minimum Gasteiger partial charge on any atom is -0.293 e. The van der Waals surface area contributed by atoms with Crippen molar-refractivity contribution in [3.8, 4) is 16.9 Å². The van der Waals surface area contributed by atoms with Crippen LogP contribution >= 0.6 is 0 Å². The maximum atomic E-state index is 4.89. The van der Waals surface area contributed by atoms with E-state index in [-0.39, 0.29) is 5.41 Å². The van der Waals surface area contributed by atoms with Crippen LogP contribution in [-0.4, -0.2) is 9.55 Å². The Morgan fingerprint density at radius 3 is 2.10 bits per heavy atom. The minimum absolute atomic E-state index is 0.0110. The van der Waals surface area contributed by atoms with Crippen LogP contribution in [0.4, 0.5) is 0 Å². The van der Waals surface area contributed by atoms with Gasteiger partial charge in [0.15, 0.2) is 0 Å². The summed E-state index contributed by atoms with van der Waals surface area (Å²) < 4.78 is 4.70. The van der Waals surface area contributed by atoms with Gasteiger partial charge in [0.25, 0.3) is 0 Å². The molecular weight excluding hydrogens is 474 g/mol. The Kier molecular flexibility index (Phi) is 5.15. The third kappa shape index (κ3) is 3.50. The second-order valence-electron chi connectivity index (χ2n) is 11.6. The van der Waals surface area contributed by atoms with Crippen molar-refractivity contribution in [1.82, 2.24) is 9.55 Å². The second kappa shape index (κ2) is 8.51. The predicted molar refractivity (Wildman–Crippen MR) is 164 cm³/mol. The van der Waals surface area contributed by atoms with Gasteiger partial charge in [-0.3, -0.25) is 4.57 Å². The zero-order chi connectivity index (χ0) is 26.9. The summed E-state index contributed by atoms with van der Waals surface area (Å²) in [6, 6.07) is 35.2. The highest BCUT2D eigenvalue weighted by atomic mass is 15.1. The van der Waals surface area contributed by atoms with E-state index in [0.717, 1.165) is 11.3 Å². The zero-order valence-corrected chi connectivity index (χ0v) is 23.2. The summed E-state index contributed by atoms with van der Waals surface area (Å²) in [7, 11) is 2.19. The van der Waals surface area contributed by atoms with Crippen LogP contribution in [0, 0.1) is 6.92 Å². The van der Waals surface area contributed by atoms with Crippen molar-refractivity contribution in [2.75, 3.05) is 0 Å². The summed E-state index contributed by atoms with van der Waals surface area (Å²) in [5.74, 6) is 0. The summed E-state index contributed by atoms with van der Waals surface area (Å²) in [5, 5.41) is 6.24. The van der Waals surface area contributed by atoms with Gasteiger partial charge in [0.2, 0.25) is 11.2 Å². The lowest BCUT2D eigenvalue weighted by Crippen LogP contribution is -2.33. The van der Waals surface area contributed by atoms with Crippen molar-refractivity contribution in [3.05, 3.63) is 114 Å². The highest BCUT2D eigenvalue weighted by Gasteiger charge is 2.26. The smallest absolute Gasteiger partial charge is 0.215 e. The number of nitrogens with zero attached hydrogens (tertiary/aromatic N) is 3. The van der Waals surface area contributed by atoms with Gasteiger partial charge in [0.1, 0.15) is 12.7 Å². The van der Waals surface area contributed by atoms with E-state index in [1.807, 2.05) is 12.3 Å². The second-order valence-corrected chi connectivity index (χ2v) is 11.6. The molecule has 3 heterocycles.